The summed E-state index contributed by atoms with van der Waals surface area (Å²) in [5, 5.41) is 20.5. The van der Waals surface area contributed by atoms with Crippen LogP contribution in [0.15, 0.2) is 0 Å². The SMILES string of the molecule is CCCCC(O)C(N)(CCCC)CCCC.CCCCC(O)C(N)(CCCC)CCCC.O=[Si](O)O. The van der Waals surface area contributed by atoms with Gasteiger partial charge in [-0.3, -0.25) is 4.46 Å². The van der Waals surface area contributed by atoms with E-state index in [9.17, 15) is 10.2 Å². The molecule has 0 radical (unpaired) electrons. The van der Waals surface area contributed by atoms with Crippen molar-refractivity contribution in [2.45, 2.75) is 180 Å². The third-order valence-electron chi connectivity index (χ3n) is 6.97. The van der Waals surface area contributed by atoms with Gasteiger partial charge >= 0.3 is 9.17 Å². The van der Waals surface area contributed by atoms with E-state index in [1.54, 1.807) is 0 Å². The van der Waals surface area contributed by atoms with Gasteiger partial charge in [0.25, 0.3) is 0 Å². The standard InChI is InChI=1S/2C14H31NO.H2O3Si/c2*1-4-7-10-13(16)14(15,11-8-5-2)12-9-6-3;1-4(2)3/h2*13,16H,4-12,15H2,1-3H3;1-2H. The van der Waals surface area contributed by atoms with Crippen LogP contribution in [0.4, 0.5) is 0 Å². The molecule has 220 valence electrons. The summed E-state index contributed by atoms with van der Waals surface area (Å²) in [6.45, 7) is 13.0. The van der Waals surface area contributed by atoms with Crippen LogP contribution < -0.4 is 11.5 Å². The molecule has 0 aromatic rings. The van der Waals surface area contributed by atoms with E-state index < -0.39 is 9.17 Å². The first-order chi connectivity index (χ1) is 16.9. The van der Waals surface area contributed by atoms with E-state index in [2.05, 4.69) is 41.5 Å². The van der Waals surface area contributed by atoms with Crippen LogP contribution in [0.5, 0.6) is 0 Å². The quantitative estimate of drug-likeness (QED) is 0.111. The molecule has 8 N–H and O–H groups in total. The van der Waals surface area contributed by atoms with Crippen LogP contribution in [-0.4, -0.2) is 52.3 Å². The molecule has 0 aromatic carbocycles. The van der Waals surface area contributed by atoms with Crippen molar-refractivity contribution in [3.63, 3.8) is 0 Å². The summed E-state index contributed by atoms with van der Waals surface area (Å²) in [6, 6.07) is 0. The second kappa shape index (κ2) is 26.1. The number of hydrogen-bond acceptors (Lipinski definition) is 5. The molecule has 7 nitrogen and oxygen atoms in total. The van der Waals surface area contributed by atoms with Crippen molar-refractivity contribution in [2.24, 2.45) is 11.5 Å². The molecule has 0 spiro atoms. The predicted molar refractivity (Wildman–Crippen MR) is 154 cm³/mol. The fraction of sp³-hybridized carbons (Fsp3) is 1.00. The van der Waals surface area contributed by atoms with Gasteiger partial charge in [-0.05, 0) is 38.5 Å². The summed E-state index contributed by atoms with van der Waals surface area (Å²) in [5.41, 5.74) is 12.1. The van der Waals surface area contributed by atoms with Gasteiger partial charge in [0.2, 0.25) is 0 Å². The third kappa shape index (κ3) is 22.6. The van der Waals surface area contributed by atoms with Crippen LogP contribution in [0.2, 0.25) is 0 Å². The lowest BCUT2D eigenvalue weighted by Gasteiger charge is -2.35. The minimum absolute atomic E-state index is 0.314. The van der Waals surface area contributed by atoms with Crippen LogP contribution in [-0.2, 0) is 4.46 Å². The van der Waals surface area contributed by atoms with E-state index in [0.717, 1.165) is 116 Å². The number of rotatable bonds is 20. The second-order valence-corrected chi connectivity index (χ2v) is 11.0. The number of nitrogens with two attached hydrogens (primary N) is 2. The highest BCUT2D eigenvalue weighted by Gasteiger charge is 2.32. The van der Waals surface area contributed by atoms with Crippen LogP contribution in [0, 0.1) is 0 Å². The number of hydrogen-bond donors (Lipinski definition) is 6. The monoisotopic (exact) mass is 536 g/mol. The van der Waals surface area contributed by atoms with Crippen molar-refractivity contribution in [1.82, 2.24) is 0 Å². The molecule has 2 unspecified atom stereocenters. The molecular formula is C28H64N2O5Si. The van der Waals surface area contributed by atoms with Gasteiger partial charge in [-0.1, -0.05) is 119 Å². The van der Waals surface area contributed by atoms with E-state index in [-0.39, 0.29) is 23.3 Å². The summed E-state index contributed by atoms with van der Waals surface area (Å²) in [4.78, 5) is 14.3. The van der Waals surface area contributed by atoms with Gasteiger partial charge < -0.3 is 31.3 Å². The topological polar surface area (TPSA) is 150 Å². The highest BCUT2D eigenvalue weighted by molar-refractivity contribution is 6.22. The maximum absolute atomic E-state index is 10.2. The molecule has 0 heterocycles. The van der Waals surface area contributed by atoms with E-state index in [1.165, 1.54) is 0 Å². The minimum Gasteiger partial charge on any atom is -0.511 e. The van der Waals surface area contributed by atoms with E-state index in [4.69, 9.17) is 25.5 Å². The maximum Gasteiger partial charge on any atom is 0.761 e. The number of aliphatic hydroxyl groups is 2. The van der Waals surface area contributed by atoms with Crippen LogP contribution in [0.3, 0.4) is 0 Å². The van der Waals surface area contributed by atoms with Crippen molar-refractivity contribution < 1.29 is 24.3 Å². The Kier molecular flexibility index (Phi) is 28.9. The molecule has 0 fully saturated rings. The fourth-order valence-corrected chi connectivity index (χ4v) is 4.31. The third-order valence-corrected chi connectivity index (χ3v) is 6.97. The lowest BCUT2D eigenvalue weighted by molar-refractivity contribution is 0.0602. The first kappa shape index (κ1) is 40.0. The minimum atomic E-state index is -3.13. The lowest BCUT2D eigenvalue weighted by atomic mass is 9.81. The fourth-order valence-electron chi connectivity index (χ4n) is 4.31. The van der Waals surface area contributed by atoms with Crippen LogP contribution in [0.1, 0.15) is 157 Å². The average Bonchev–Trinajstić information content (AvgIpc) is 2.85. The molecule has 0 bridgehead atoms. The highest BCUT2D eigenvalue weighted by atomic mass is 28.3. The van der Waals surface area contributed by atoms with Crippen molar-refractivity contribution >= 4 is 9.17 Å². The van der Waals surface area contributed by atoms with Gasteiger partial charge in [-0.15, -0.1) is 0 Å². The second-order valence-electron chi connectivity index (χ2n) is 10.5. The Bertz CT molecular complexity index is 427. The molecule has 0 amide bonds. The summed E-state index contributed by atoms with van der Waals surface area (Å²) in [7, 11) is -3.13. The zero-order chi connectivity index (χ0) is 28.5. The van der Waals surface area contributed by atoms with E-state index >= 15 is 0 Å². The molecule has 8 heteroatoms. The molecule has 0 aromatic heterocycles. The van der Waals surface area contributed by atoms with Gasteiger partial charge in [-0.25, -0.2) is 0 Å². The Hall–Kier alpha value is -0.543. The average molecular weight is 537 g/mol. The zero-order valence-electron chi connectivity index (χ0n) is 24.7. The van der Waals surface area contributed by atoms with E-state index in [1.807, 2.05) is 0 Å². The zero-order valence-corrected chi connectivity index (χ0v) is 25.7. The van der Waals surface area contributed by atoms with Gasteiger partial charge in [0.05, 0.1) is 12.2 Å². The molecule has 2 atom stereocenters. The van der Waals surface area contributed by atoms with Crippen molar-refractivity contribution in [3.8, 4) is 0 Å². The molecule has 0 rings (SSSR count). The number of aliphatic hydroxyl groups excluding tert-OH is 2. The van der Waals surface area contributed by atoms with Gasteiger partial charge in [0.15, 0.2) is 0 Å². The van der Waals surface area contributed by atoms with Gasteiger partial charge in [-0.2, -0.15) is 0 Å². The summed E-state index contributed by atoms with van der Waals surface area (Å²) >= 11 is 0. The maximum atomic E-state index is 10.2. The Morgan fingerprint density at radius 1 is 0.556 bits per heavy atom. The first-order valence-corrected chi connectivity index (χ1v) is 16.1. The normalized spacial score (nSPS) is 13.2. The van der Waals surface area contributed by atoms with E-state index in [0.29, 0.717) is 0 Å². The van der Waals surface area contributed by atoms with Crippen molar-refractivity contribution in [2.75, 3.05) is 0 Å². The summed E-state index contributed by atoms with van der Waals surface area (Å²) in [5.74, 6) is 0. The Morgan fingerprint density at radius 3 is 0.917 bits per heavy atom. The van der Waals surface area contributed by atoms with Crippen LogP contribution in [0.25, 0.3) is 0 Å². The summed E-state index contributed by atoms with van der Waals surface area (Å²) < 4.78 is 8.74. The first-order valence-electron chi connectivity index (χ1n) is 14.8. The Morgan fingerprint density at radius 2 is 0.750 bits per heavy atom. The van der Waals surface area contributed by atoms with Gasteiger partial charge in [0.1, 0.15) is 0 Å². The Labute approximate surface area is 225 Å². The largest absolute Gasteiger partial charge is 0.761 e. The Balaban J connectivity index is -0.000000526. The number of unbranched alkanes of at least 4 members (excludes halogenated alkanes) is 6. The highest BCUT2D eigenvalue weighted by Crippen LogP contribution is 2.26. The molecule has 0 aliphatic rings. The molecule has 0 saturated carbocycles. The molecule has 0 aliphatic heterocycles. The van der Waals surface area contributed by atoms with Crippen LogP contribution >= 0.6 is 0 Å². The molecule has 0 aliphatic carbocycles. The molecule has 0 saturated heterocycles. The van der Waals surface area contributed by atoms with Crippen molar-refractivity contribution in [3.05, 3.63) is 0 Å². The molecule has 36 heavy (non-hydrogen) atoms. The smallest absolute Gasteiger partial charge is 0.511 e. The van der Waals surface area contributed by atoms with Crippen molar-refractivity contribution in [1.29, 1.82) is 0 Å². The summed E-state index contributed by atoms with van der Waals surface area (Å²) in [6.07, 6.45) is 18.5. The van der Waals surface area contributed by atoms with Gasteiger partial charge in [0, 0.05) is 11.1 Å². The molecular weight excluding hydrogens is 472 g/mol. The lowest BCUT2D eigenvalue weighted by Crippen LogP contribution is -2.50. The predicted octanol–water partition coefficient (Wildman–Crippen LogP) is 5.62.